The number of carbonyl (C=O) groups is 3. The summed E-state index contributed by atoms with van der Waals surface area (Å²) in [6, 6.07) is 0. The summed E-state index contributed by atoms with van der Waals surface area (Å²) in [6.07, 6.45) is 65.7. The minimum absolute atomic E-state index is 0.114. The van der Waals surface area contributed by atoms with Crippen LogP contribution in [0.15, 0.2) is 134 Å². The van der Waals surface area contributed by atoms with Crippen molar-refractivity contribution in [1.29, 1.82) is 0 Å². The minimum Gasteiger partial charge on any atom is -0.462 e. The molecular weight excluding hydrogens is 745 g/mol. The average molecular weight is 827 g/mol. The molecule has 0 rings (SSSR count). The summed E-state index contributed by atoms with van der Waals surface area (Å²) >= 11 is 0. The van der Waals surface area contributed by atoms with Crippen LogP contribution in [0, 0.1) is 0 Å². The quantitative estimate of drug-likeness (QED) is 0.0202. The molecule has 6 heteroatoms. The van der Waals surface area contributed by atoms with Crippen molar-refractivity contribution in [3.8, 4) is 0 Å². The summed E-state index contributed by atoms with van der Waals surface area (Å²) in [7, 11) is 0. The van der Waals surface area contributed by atoms with E-state index in [1.165, 1.54) is 0 Å². The Bertz CT molecular complexity index is 1370. The van der Waals surface area contributed by atoms with Crippen molar-refractivity contribution >= 4 is 17.9 Å². The van der Waals surface area contributed by atoms with Crippen LogP contribution >= 0.6 is 0 Å². The van der Waals surface area contributed by atoms with Crippen molar-refractivity contribution in [3.05, 3.63) is 134 Å². The third kappa shape index (κ3) is 44.6. The van der Waals surface area contributed by atoms with Gasteiger partial charge >= 0.3 is 17.9 Å². The molecule has 0 aliphatic carbocycles. The summed E-state index contributed by atoms with van der Waals surface area (Å²) in [6.45, 7) is 6.14. The van der Waals surface area contributed by atoms with Crippen LogP contribution in [0.3, 0.4) is 0 Å². The largest absolute Gasteiger partial charge is 0.462 e. The van der Waals surface area contributed by atoms with Gasteiger partial charge in [-0.15, -0.1) is 0 Å². The number of carbonyl (C=O) groups excluding carboxylic acids is 3. The van der Waals surface area contributed by atoms with Gasteiger partial charge in [0.05, 0.1) is 0 Å². The molecule has 0 radical (unpaired) electrons. The number of allylic oxidation sites excluding steroid dienone is 22. The van der Waals surface area contributed by atoms with Gasteiger partial charge in [0.15, 0.2) is 6.10 Å². The van der Waals surface area contributed by atoms with Gasteiger partial charge in [-0.3, -0.25) is 14.4 Å². The van der Waals surface area contributed by atoms with Crippen LogP contribution in [0.4, 0.5) is 0 Å². The van der Waals surface area contributed by atoms with E-state index in [1.54, 1.807) is 0 Å². The second kappa shape index (κ2) is 47.2. The van der Waals surface area contributed by atoms with E-state index in [0.29, 0.717) is 12.8 Å². The predicted molar refractivity (Wildman–Crippen MR) is 256 cm³/mol. The fourth-order valence-electron chi connectivity index (χ4n) is 5.69. The number of rotatable bonds is 39. The first-order valence-electron chi connectivity index (χ1n) is 23.3. The second-order valence-corrected chi connectivity index (χ2v) is 14.7. The standard InChI is InChI=1S/C54H82O6/c1-4-7-10-13-16-19-22-25-26-27-28-30-32-35-38-41-44-47-53(56)59-50-51(49-58-52(55)46-43-40-37-34-31-24-21-18-15-12-9-6-3)60-54(57)48-45-42-39-36-33-29-23-20-17-14-11-8-5-2/h7-14,16-23,25-28,30,32,51H,4-6,15,24,29,31,33-50H2,1-3H3/b10-7-,11-8-,12-9-,16-13-,17-14-,21-18-,22-19-,23-20-,26-25-,28-27+,32-30-. The molecule has 0 fully saturated rings. The molecule has 0 spiro atoms. The molecule has 0 bridgehead atoms. The van der Waals surface area contributed by atoms with Gasteiger partial charge in [-0.1, -0.05) is 199 Å². The highest BCUT2D eigenvalue weighted by atomic mass is 16.6. The van der Waals surface area contributed by atoms with Crippen LogP contribution in [0.25, 0.3) is 0 Å². The molecule has 60 heavy (non-hydrogen) atoms. The van der Waals surface area contributed by atoms with E-state index in [0.717, 1.165) is 128 Å². The average Bonchev–Trinajstić information content (AvgIpc) is 3.24. The highest BCUT2D eigenvalue weighted by Gasteiger charge is 2.19. The molecule has 0 saturated heterocycles. The van der Waals surface area contributed by atoms with Crippen LogP contribution < -0.4 is 0 Å². The first-order valence-corrected chi connectivity index (χ1v) is 23.3. The lowest BCUT2D eigenvalue weighted by molar-refractivity contribution is -0.167. The van der Waals surface area contributed by atoms with Crippen LogP contribution in [0.1, 0.15) is 168 Å². The Hall–Kier alpha value is -4.45. The summed E-state index contributed by atoms with van der Waals surface area (Å²) in [5.41, 5.74) is 0. The maximum absolute atomic E-state index is 12.7. The van der Waals surface area contributed by atoms with Crippen LogP contribution in [0.5, 0.6) is 0 Å². The van der Waals surface area contributed by atoms with E-state index in [1.807, 2.05) is 66.8 Å². The molecule has 0 aromatic rings. The lowest BCUT2D eigenvalue weighted by Gasteiger charge is -2.18. The molecule has 0 amide bonds. The zero-order valence-electron chi connectivity index (χ0n) is 37.9. The van der Waals surface area contributed by atoms with Crippen molar-refractivity contribution in [3.63, 3.8) is 0 Å². The van der Waals surface area contributed by atoms with E-state index in [-0.39, 0.29) is 37.5 Å². The zero-order chi connectivity index (χ0) is 43.7. The van der Waals surface area contributed by atoms with E-state index in [4.69, 9.17) is 14.2 Å². The molecule has 0 N–H and O–H groups in total. The molecule has 0 aliphatic heterocycles. The third-order valence-corrected chi connectivity index (χ3v) is 9.10. The summed E-state index contributed by atoms with van der Waals surface area (Å²) in [5.74, 6) is -1.01. The number of esters is 3. The Morgan fingerprint density at radius 2 is 0.683 bits per heavy atom. The van der Waals surface area contributed by atoms with Crippen molar-refractivity contribution in [2.75, 3.05) is 13.2 Å². The molecule has 0 aromatic heterocycles. The topological polar surface area (TPSA) is 78.9 Å². The normalized spacial score (nSPS) is 13.3. The first-order chi connectivity index (χ1) is 29.5. The molecule has 0 aromatic carbocycles. The SMILES string of the molecule is CC\C=C/C=C\C=C/C=C\C=C\C=C/CCCCCC(=O)OCC(COC(=O)CCCCCCC/C=C\C/C=C\CC)OC(=O)CCCCCCC\C=C/C=C\C=C/CC. The Balaban J connectivity index is 4.56. The number of hydrogen-bond donors (Lipinski definition) is 0. The van der Waals surface area contributed by atoms with Gasteiger partial charge in [0.1, 0.15) is 13.2 Å². The first kappa shape index (κ1) is 55.5. The zero-order valence-corrected chi connectivity index (χ0v) is 37.9. The van der Waals surface area contributed by atoms with Crippen molar-refractivity contribution in [2.45, 2.75) is 175 Å². The van der Waals surface area contributed by atoms with Gasteiger partial charge in [0, 0.05) is 19.3 Å². The van der Waals surface area contributed by atoms with E-state index in [9.17, 15) is 14.4 Å². The third-order valence-electron chi connectivity index (χ3n) is 9.10. The van der Waals surface area contributed by atoms with Crippen LogP contribution in [-0.4, -0.2) is 37.2 Å². The maximum atomic E-state index is 12.7. The number of hydrogen-bond acceptors (Lipinski definition) is 6. The highest BCUT2D eigenvalue weighted by Crippen LogP contribution is 2.12. The summed E-state index contributed by atoms with van der Waals surface area (Å²) in [4.78, 5) is 37.8. The van der Waals surface area contributed by atoms with Gasteiger partial charge in [0.25, 0.3) is 0 Å². The summed E-state index contributed by atoms with van der Waals surface area (Å²) < 4.78 is 16.7. The number of ether oxygens (including phenoxy) is 3. The van der Waals surface area contributed by atoms with Crippen molar-refractivity contribution in [1.82, 2.24) is 0 Å². The van der Waals surface area contributed by atoms with Crippen molar-refractivity contribution < 1.29 is 28.6 Å². The van der Waals surface area contributed by atoms with Gasteiger partial charge in [0.2, 0.25) is 0 Å². The Labute approximate surface area is 366 Å². The van der Waals surface area contributed by atoms with Crippen LogP contribution in [0.2, 0.25) is 0 Å². The van der Waals surface area contributed by atoms with Crippen LogP contribution in [-0.2, 0) is 28.6 Å². The lowest BCUT2D eigenvalue weighted by Crippen LogP contribution is -2.30. The molecule has 0 aliphatic rings. The van der Waals surface area contributed by atoms with Gasteiger partial charge in [-0.2, -0.15) is 0 Å². The van der Waals surface area contributed by atoms with E-state index in [2.05, 4.69) is 87.6 Å². The Morgan fingerprint density at radius 3 is 1.13 bits per heavy atom. The number of unbranched alkanes of at least 4 members (excludes halogenated alkanes) is 13. The Kier molecular flexibility index (Phi) is 43.7. The van der Waals surface area contributed by atoms with E-state index >= 15 is 0 Å². The van der Waals surface area contributed by atoms with Crippen molar-refractivity contribution in [2.24, 2.45) is 0 Å². The van der Waals surface area contributed by atoms with Gasteiger partial charge in [-0.05, 0) is 83.5 Å². The lowest BCUT2D eigenvalue weighted by atomic mass is 10.1. The van der Waals surface area contributed by atoms with Gasteiger partial charge in [-0.25, -0.2) is 0 Å². The molecular formula is C54H82O6. The highest BCUT2D eigenvalue weighted by molar-refractivity contribution is 5.71. The molecule has 6 nitrogen and oxygen atoms in total. The molecule has 0 saturated carbocycles. The summed E-state index contributed by atoms with van der Waals surface area (Å²) in [5, 5.41) is 0. The van der Waals surface area contributed by atoms with Gasteiger partial charge < -0.3 is 14.2 Å². The Morgan fingerprint density at radius 1 is 0.350 bits per heavy atom. The maximum Gasteiger partial charge on any atom is 0.306 e. The molecule has 1 unspecified atom stereocenters. The second-order valence-electron chi connectivity index (χ2n) is 14.7. The molecule has 334 valence electrons. The predicted octanol–water partition coefficient (Wildman–Crippen LogP) is 15.1. The monoisotopic (exact) mass is 827 g/mol. The smallest absolute Gasteiger partial charge is 0.306 e. The van der Waals surface area contributed by atoms with E-state index < -0.39 is 6.10 Å². The molecule has 0 heterocycles. The minimum atomic E-state index is -0.817. The fourth-order valence-corrected chi connectivity index (χ4v) is 5.69. The fraction of sp³-hybridized carbons (Fsp3) is 0.537. The molecule has 1 atom stereocenters.